The van der Waals surface area contributed by atoms with E-state index in [1.807, 2.05) is 24.3 Å². The number of benzene rings is 2. The Hall–Kier alpha value is -2.11. The third kappa shape index (κ3) is 3.46. The molecule has 0 aromatic heterocycles. The Bertz CT molecular complexity index is 628. The van der Waals surface area contributed by atoms with E-state index in [1.165, 1.54) is 22.3 Å². The van der Waals surface area contributed by atoms with E-state index >= 15 is 0 Å². The van der Waals surface area contributed by atoms with E-state index in [-0.39, 0.29) is 0 Å². The van der Waals surface area contributed by atoms with Crippen LogP contribution >= 0.6 is 0 Å². The summed E-state index contributed by atoms with van der Waals surface area (Å²) >= 11 is 0. The molecule has 0 atom stereocenters. The number of nitriles is 1. The molecule has 0 spiro atoms. The minimum atomic E-state index is 0.715. The first-order valence-corrected chi connectivity index (χ1v) is 6.86. The Kier molecular flexibility index (Phi) is 4.55. The molecule has 0 fully saturated rings. The second-order valence-electron chi connectivity index (χ2n) is 5.29. The highest BCUT2D eigenvalue weighted by atomic mass is 14.8. The molecule has 0 aliphatic rings. The summed E-state index contributed by atoms with van der Waals surface area (Å²) in [5.74, 6) is 0. The van der Waals surface area contributed by atoms with Crippen molar-refractivity contribution >= 4 is 0 Å². The van der Waals surface area contributed by atoms with E-state index in [2.05, 4.69) is 44.3 Å². The van der Waals surface area contributed by atoms with E-state index in [4.69, 9.17) is 5.26 Å². The lowest BCUT2D eigenvalue weighted by molar-refractivity contribution is 0.687. The van der Waals surface area contributed by atoms with Gasteiger partial charge in [-0.25, -0.2) is 0 Å². The van der Waals surface area contributed by atoms with Crippen molar-refractivity contribution in [2.24, 2.45) is 0 Å². The van der Waals surface area contributed by atoms with Crippen LogP contribution in [0, 0.1) is 32.1 Å². The Labute approximate surface area is 121 Å². The van der Waals surface area contributed by atoms with Gasteiger partial charge in [0.05, 0.1) is 11.6 Å². The van der Waals surface area contributed by atoms with E-state index in [9.17, 15) is 0 Å². The molecule has 2 aromatic rings. The minimum absolute atomic E-state index is 0.715. The maximum absolute atomic E-state index is 8.89. The van der Waals surface area contributed by atoms with E-state index in [0.717, 1.165) is 18.7 Å². The number of aryl methyl sites for hydroxylation is 3. The van der Waals surface area contributed by atoms with Gasteiger partial charge in [-0.1, -0.05) is 29.8 Å². The third-order valence-electron chi connectivity index (χ3n) is 3.53. The van der Waals surface area contributed by atoms with Crippen LogP contribution in [-0.2, 0) is 13.1 Å². The normalized spacial score (nSPS) is 10.3. The molecule has 1 N–H and O–H groups in total. The first kappa shape index (κ1) is 14.3. The predicted molar refractivity (Wildman–Crippen MR) is 82.4 cm³/mol. The van der Waals surface area contributed by atoms with E-state index < -0.39 is 0 Å². The molecule has 0 aliphatic heterocycles. The lowest BCUT2D eigenvalue weighted by Gasteiger charge is -2.12. The number of nitrogens with zero attached hydrogens (tertiary/aromatic N) is 1. The Morgan fingerprint density at radius 2 is 1.70 bits per heavy atom. The minimum Gasteiger partial charge on any atom is -0.309 e. The summed E-state index contributed by atoms with van der Waals surface area (Å²) in [6, 6.07) is 14.4. The Morgan fingerprint density at radius 1 is 1.00 bits per heavy atom. The second-order valence-corrected chi connectivity index (χ2v) is 5.29. The van der Waals surface area contributed by atoms with Crippen molar-refractivity contribution < 1.29 is 0 Å². The molecule has 2 aromatic carbocycles. The lowest BCUT2D eigenvalue weighted by atomic mass is 10.00. The molecule has 102 valence electrons. The van der Waals surface area contributed by atoms with Gasteiger partial charge in [0.15, 0.2) is 0 Å². The van der Waals surface area contributed by atoms with Crippen LogP contribution in [0.4, 0.5) is 0 Å². The summed E-state index contributed by atoms with van der Waals surface area (Å²) in [5, 5.41) is 12.4. The summed E-state index contributed by atoms with van der Waals surface area (Å²) in [6.07, 6.45) is 0. The first-order chi connectivity index (χ1) is 9.60. The van der Waals surface area contributed by atoms with Crippen LogP contribution < -0.4 is 5.32 Å². The van der Waals surface area contributed by atoms with Crippen LogP contribution in [0.5, 0.6) is 0 Å². The third-order valence-corrected chi connectivity index (χ3v) is 3.53. The van der Waals surface area contributed by atoms with Gasteiger partial charge < -0.3 is 5.32 Å². The fraction of sp³-hybridized carbons (Fsp3) is 0.278. The largest absolute Gasteiger partial charge is 0.309 e. The van der Waals surface area contributed by atoms with Crippen LogP contribution in [0.1, 0.15) is 33.4 Å². The molecule has 0 saturated carbocycles. The maximum atomic E-state index is 8.89. The summed E-state index contributed by atoms with van der Waals surface area (Å²) in [6.45, 7) is 8.09. The van der Waals surface area contributed by atoms with Gasteiger partial charge in [-0.15, -0.1) is 0 Å². The fourth-order valence-electron chi connectivity index (χ4n) is 2.57. The molecule has 20 heavy (non-hydrogen) atoms. The van der Waals surface area contributed by atoms with Gasteiger partial charge in [-0.3, -0.25) is 0 Å². The molecule has 0 aliphatic carbocycles. The van der Waals surface area contributed by atoms with Crippen molar-refractivity contribution in [3.05, 3.63) is 69.8 Å². The smallest absolute Gasteiger partial charge is 0.0991 e. The van der Waals surface area contributed by atoms with Crippen LogP contribution in [-0.4, -0.2) is 0 Å². The zero-order chi connectivity index (χ0) is 14.5. The van der Waals surface area contributed by atoms with Crippen LogP contribution in [0.25, 0.3) is 0 Å². The quantitative estimate of drug-likeness (QED) is 0.912. The van der Waals surface area contributed by atoms with Crippen LogP contribution in [0.15, 0.2) is 36.4 Å². The van der Waals surface area contributed by atoms with Crippen molar-refractivity contribution in [1.29, 1.82) is 5.26 Å². The summed E-state index contributed by atoms with van der Waals surface area (Å²) in [5.41, 5.74) is 7.21. The van der Waals surface area contributed by atoms with Crippen molar-refractivity contribution in [2.45, 2.75) is 33.9 Å². The second kappa shape index (κ2) is 6.36. The van der Waals surface area contributed by atoms with Gasteiger partial charge in [-0.2, -0.15) is 5.26 Å². The molecule has 0 unspecified atom stereocenters. The van der Waals surface area contributed by atoms with Gasteiger partial charge in [0, 0.05) is 13.1 Å². The standard InChI is InChI=1S/C18H20N2/c1-13-7-14(2)18(15(3)8-13)12-20-11-17-6-4-5-16(9-17)10-19/h4-9,20H,11-12H2,1-3H3. The number of hydrogen-bond acceptors (Lipinski definition) is 2. The van der Waals surface area contributed by atoms with Gasteiger partial charge in [0.25, 0.3) is 0 Å². The zero-order valence-electron chi connectivity index (χ0n) is 12.3. The fourth-order valence-corrected chi connectivity index (χ4v) is 2.57. The molecule has 0 bridgehead atoms. The number of nitrogens with one attached hydrogen (secondary N) is 1. The topological polar surface area (TPSA) is 35.8 Å². The van der Waals surface area contributed by atoms with Crippen molar-refractivity contribution in [3.63, 3.8) is 0 Å². The van der Waals surface area contributed by atoms with Crippen molar-refractivity contribution in [3.8, 4) is 6.07 Å². The molecule has 2 nitrogen and oxygen atoms in total. The zero-order valence-corrected chi connectivity index (χ0v) is 12.3. The van der Waals surface area contributed by atoms with Crippen LogP contribution in [0.3, 0.4) is 0 Å². The predicted octanol–water partition coefficient (Wildman–Crippen LogP) is 3.77. The number of rotatable bonds is 4. The van der Waals surface area contributed by atoms with E-state index in [1.54, 1.807) is 0 Å². The lowest BCUT2D eigenvalue weighted by Crippen LogP contribution is -2.14. The van der Waals surface area contributed by atoms with E-state index in [0.29, 0.717) is 5.56 Å². The molecule has 0 radical (unpaired) electrons. The average Bonchev–Trinajstić information content (AvgIpc) is 2.42. The summed E-state index contributed by atoms with van der Waals surface area (Å²) < 4.78 is 0. The SMILES string of the molecule is Cc1cc(C)c(CNCc2cccc(C#N)c2)c(C)c1. The van der Waals surface area contributed by atoms with Crippen molar-refractivity contribution in [2.75, 3.05) is 0 Å². The number of hydrogen-bond donors (Lipinski definition) is 1. The molecule has 0 amide bonds. The highest BCUT2D eigenvalue weighted by molar-refractivity contribution is 5.37. The Balaban J connectivity index is 2.01. The van der Waals surface area contributed by atoms with Gasteiger partial charge in [0.1, 0.15) is 0 Å². The van der Waals surface area contributed by atoms with Gasteiger partial charge in [0.2, 0.25) is 0 Å². The van der Waals surface area contributed by atoms with Gasteiger partial charge >= 0.3 is 0 Å². The average molecular weight is 264 g/mol. The molecule has 0 heterocycles. The molecular weight excluding hydrogens is 244 g/mol. The highest BCUT2D eigenvalue weighted by Gasteiger charge is 2.03. The molecule has 2 heteroatoms. The first-order valence-electron chi connectivity index (χ1n) is 6.86. The van der Waals surface area contributed by atoms with Gasteiger partial charge in [-0.05, 0) is 55.2 Å². The Morgan fingerprint density at radius 3 is 2.35 bits per heavy atom. The monoisotopic (exact) mass is 264 g/mol. The highest BCUT2D eigenvalue weighted by Crippen LogP contribution is 2.16. The van der Waals surface area contributed by atoms with Crippen LogP contribution in [0.2, 0.25) is 0 Å². The molecular formula is C18H20N2. The molecule has 0 saturated heterocycles. The maximum Gasteiger partial charge on any atom is 0.0991 e. The summed E-state index contributed by atoms with van der Waals surface area (Å²) in [4.78, 5) is 0. The molecule has 2 rings (SSSR count). The summed E-state index contributed by atoms with van der Waals surface area (Å²) in [7, 11) is 0. The van der Waals surface area contributed by atoms with Crippen molar-refractivity contribution in [1.82, 2.24) is 5.32 Å².